The van der Waals surface area contributed by atoms with Gasteiger partial charge in [0.2, 0.25) is 0 Å². The maximum absolute atomic E-state index is 12.7. The summed E-state index contributed by atoms with van der Waals surface area (Å²) in [5.41, 5.74) is 1.65. The van der Waals surface area contributed by atoms with E-state index in [9.17, 15) is 9.59 Å². The third-order valence-electron chi connectivity index (χ3n) is 4.91. The summed E-state index contributed by atoms with van der Waals surface area (Å²) in [6, 6.07) is 12.6. The van der Waals surface area contributed by atoms with Crippen molar-refractivity contribution in [1.82, 2.24) is 5.32 Å². The highest BCUT2D eigenvalue weighted by molar-refractivity contribution is 6.10. The number of fused-ring (bicyclic) bond motifs is 2. The van der Waals surface area contributed by atoms with Crippen LogP contribution in [0.15, 0.2) is 42.5 Å². The van der Waals surface area contributed by atoms with Crippen molar-refractivity contribution in [3.63, 3.8) is 0 Å². The van der Waals surface area contributed by atoms with Crippen molar-refractivity contribution in [2.24, 2.45) is 0 Å². The van der Waals surface area contributed by atoms with Gasteiger partial charge in [-0.3, -0.25) is 9.59 Å². The molecule has 5 nitrogen and oxygen atoms in total. The lowest BCUT2D eigenvalue weighted by Gasteiger charge is -2.18. The predicted octanol–water partition coefficient (Wildman–Crippen LogP) is 3.74. The van der Waals surface area contributed by atoms with Crippen molar-refractivity contribution in [2.45, 2.75) is 31.7 Å². The molecule has 1 fully saturated rings. The third-order valence-corrected chi connectivity index (χ3v) is 4.91. The number of hydrogen-bond donors (Lipinski definition) is 1. The maximum Gasteiger partial charge on any atom is 0.261 e. The Labute approximate surface area is 146 Å². The van der Waals surface area contributed by atoms with Crippen molar-refractivity contribution >= 4 is 17.5 Å². The average Bonchev–Trinajstić information content (AvgIpc) is 3.11. The van der Waals surface area contributed by atoms with E-state index < -0.39 is 0 Å². The Hall–Kier alpha value is -2.82. The van der Waals surface area contributed by atoms with E-state index in [1.807, 2.05) is 12.1 Å². The largest absolute Gasteiger partial charge is 0.454 e. The van der Waals surface area contributed by atoms with Crippen LogP contribution < -0.4 is 15.0 Å². The molecule has 1 heterocycles. The second-order valence-electron chi connectivity index (χ2n) is 6.60. The van der Waals surface area contributed by atoms with Crippen LogP contribution in [0.3, 0.4) is 0 Å². The van der Waals surface area contributed by atoms with Gasteiger partial charge in [-0.2, -0.15) is 0 Å². The summed E-state index contributed by atoms with van der Waals surface area (Å²) in [5.74, 6) is 0.847. The molecule has 0 aromatic heterocycles. The number of carbonyl (C=O) groups is 2. The minimum Gasteiger partial charge on any atom is -0.454 e. The van der Waals surface area contributed by atoms with Crippen LogP contribution in [0.2, 0.25) is 0 Å². The van der Waals surface area contributed by atoms with Crippen LogP contribution >= 0.6 is 0 Å². The molecule has 1 saturated carbocycles. The summed E-state index contributed by atoms with van der Waals surface area (Å²) in [5, 5.41) is 3.08. The Morgan fingerprint density at radius 2 is 1.88 bits per heavy atom. The lowest BCUT2D eigenvalue weighted by Crippen LogP contribution is -2.32. The van der Waals surface area contributed by atoms with Gasteiger partial charge in [-0.25, -0.2) is 0 Å². The normalized spacial score (nSPS) is 16.7. The third kappa shape index (κ3) is 2.86. The first-order valence-electron chi connectivity index (χ1n) is 8.63. The lowest BCUT2D eigenvalue weighted by atomic mass is 10.1. The Kier molecular flexibility index (Phi) is 3.92. The molecule has 0 saturated heterocycles. The quantitative estimate of drug-likeness (QED) is 0.909. The number of nitrogens with one attached hydrogen (secondary N) is 1. The van der Waals surface area contributed by atoms with Gasteiger partial charge in [-0.05, 0) is 43.2 Å². The molecule has 0 radical (unpaired) electrons. The van der Waals surface area contributed by atoms with E-state index >= 15 is 0 Å². The van der Waals surface area contributed by atoms with Crippen LogP contribution in [0.5, 0.6) is 11.5 Å². The van der Waals surface area contributed by atoms with E-state index in [0.717, 1.165) is 12.8 Å². The molecule has 0 spiro atoms. The lowest BCUT2D eigenvalue weighted by molar-refractivity contribution is 0.0936. The first-order valence-corrected chi connectivity index (χ1v) is 8.63. The maximum atomic E-state index is 12.7. The van der Waals surface area contributed by atoms with Gasteiger partial charge in [0.15, 0.2) is 5.75 Å². The minimum absolute atomic E-state index is 0.0997. The van der Waals surface area contributed by atoms with Gasteiger partial charge in [-0.15, -0.1) is 0 Å². The SMILES string of the molecule is CN1C(=O)c2ccccc2Oc2ccc(C(=O)NC3CCCC3)cc21. The molecule has 4 rings (SSSR count). The van der Waals surface area contributed by atoms with Gasteiger partial charge >= 0.3 is 0 Å². The smallest absolute Gasteiger partial charge is 0.261 e. The predicted molar refractivity (Wildman–Crippen MR) is 95.4 cm³/mol. The second kappa shape index (κ2) is 6.24. The topological polar surface area (TPSA) is 58.6 Å². The van der Waals surface area contributed by atoms with E-state index in [1.165, 1.54) is 17.7 Å². The molecule has 25 heavy (non-hydrogen) atoms. The van der Waals surface area contributed by atoms with Crippen LogP contribution in [0.4, 0.5) is 5.69 Å². The van der Waals surface area contributed by atoms with Crippen molar-refractivity contribution in [3.8, 4) is 11.5 Å². The number of nitrogens with zero attached hydrogens (tertiary/aromatic N) is 1. The van der Waals surface area contributed by atoms with Crippen molar-refractivity contribution in [3.05, 3.63) is 53.6 Å². The summed E-state index contributed by atoms with van der Waals surface area (Å²) in [6.45, 7) is 0. The standard InChI is InChI=1S/C20H20N2O3/c1-22-16-12-13(19(23)21-14-6-2-3-7-14)10-11-18(16)25-17-9-5-4-8-15(17)20(22)24/h4-5,8-12,14H,2-3,6-7H2,1H3,(H,21,23). The summed E-state index contributed by atoms with van der Waals surface area (Å²) in [7, 11) is 1.70. The van der Waals surface area contributed by atoms with Gasteiger partial charge in [-0.1, -0.05) is 25.0 Å². The van der Waals surface area contributed by atoms with Crippen LogP contribution in [-0.4, -0.2) is 24.9 Å². The van der Waals surface area contributed by atoms with Gasteiger partial charge in [0.25, 0.3) is 11.8 Å². The first-order chi connectivity index (χ1) is 12.1. The van der Waals surface area contributed by atoms with Gasteiger partial charge in [0.05, 0.1) is 11.3 Å². The highest BCUT2D eigenvalue weighted by Gasteiger charge is 2.26. The Bertz CT molecular complexity index is 841. The fourth-order valence-corrected chi connectivity index (χ4v) is 3.49. The monoisotopic (exact) mass is 336 g/mol. The highest BCUT2D eigenvalue weighted by atomic mass is 16.5. The number of para-hydroxylation sites is 1. The molecule has 1 aliphatic heterocycles. The molecule has 1 N–H and O–H groups in total. The number of benzene rings is 2. The zero-order valence-corrected chi connectivity index (χ0v) is 14.1. The minimum atomic E-state index is -0.150. The molecule has 128 valence electrons. The summed E-state index contributed by atoms with van der Waals surface area (Å²) in [6.07, 6.45) is 4.40. The molecular formula is C20H20N2O3. The zero-order valence-electron chi connectivity index (χ0n) is 14.1. The molecule has 5 heteroatoms. The summed E-state index contributed by atoms with van der Waals surface area (Å²) >= 11 is 0. The highest BCUT2D eigenvalue weighted by Crippen LogP contribution is 2.38. The zero-order chi connectivity index (χ0) is 17.4. The molecule has 1 aliphatic carbocycles. The van der Waals surface area contributed by atoms with Crippen molar-refractivity contribution in [2.75, 3.05) is 11.9 Å². The number of hydrogen-bond acceptors (Lipinski definition) is 3. The second-order valence-corrected chi connectivity index (χ2v) is 6.60. The van der Waals surface area contributed by atoms with E-state index in [-0.39, 0.29) is 17.9 Å². The Morgan fingerprint density at radius 1 is 1.12 bits per heavy atom. The van der Waals surface area contributed by atoms with Crippen LogP contribution in [-0.2, 0) is 0 Å². The van der Waals surface area contributed by atoms with E-state index in [0.29, 0.717) is 28.3 Å². The number of rotatable bonds is 2. The van der Waals surface area contributed by atoms with Crippen molar-refractivity contribution in [1.29, 1.82) is 0 Å². The average molecular weight is 336 g/mol. The fourth-order valence-electron chi connectivity index (χ4n) is 3.49. The molecule has 2 aliphatic rings. The molecule has 2 aromatic rings. The molecular weight excluding hydrogens is 316 g/mol. The van der Waals surface area contributed by atoms with Gasteiger partial charge in [0, 0.05) is 18.7 Å². The molecule has 0 bridgehead atoms. The van der Waals surface area contributed by atoms with E-state index in [4.69, 9.17) is 4.74 Å². The van der Waals surface area contributed by atoms with E-state index in [2.05, 4.69) is 5.32 Å². The van der Waals surface area contributed by atoms with Crippen LogP contribution in [0.1, 0.15) is 46.4 Å². The number of ether oxygens (including phenoxy) is 1. The summed E-state index contributed by atoms with van der Waals surface area (Å²) in [4.78, 5) is 26.8. The van der Waals surface area contributed by atoms with Crippen LogP contribution in [0.25, 0.3) is 0 Å². The Balaban J connectivity index is 1.66. The molecule has 2 amide bonds. The van der Waals surface area contributed by atoms with Crippen molar-refractivity contribution < 1.29 is 14.3 Å². The van der Waals surface area contributed by atoms with Crippen LogP contribution in [0, 0.1) is 0 Å². The molecule has 0 unspecified atom stereocenters. The van der Waals surface area contributed by atoms with E-state index in [1.54, 1.807) is 37.4 Å². The molecule has 2 aromatic carbocycles. The van der Waals surface area contributed by atoms with Gasteiger partial charge < -0.3 is 15.0 Å². The first kappa shape index (κ1) is 15.7. The fraction of sp³-hybridized carbons (Fsp3) is 0.300. The molecule has 0 atom stereocenters. The summed E-state index contributed by atoms with van der Waals surface area (Å²) < 4.78 is 5.92. The number of anilines is 1. The van der Waals surface area contributed by atoms with Gasteiger partial charge in [0.1, 0.15) is 5.75 Å². The Morgan fingerprint density at radius 3 is 2.68 bits per heavy atom. The number of carbonyl (C=O) groups excluding carboxylic acids is 2. The number of amides is 2.